The smallest absolute Gasteiger partial charge is 0.157 e. The Balaban J connectivity index is 2.70. The van der Waals surface area contributed by atoms with E-state index in [4.69, 9.17) is 5.73 Å². The van der Waals surface area contributed by atoms with E-state index in [1.807, 2.05) is 12.1 Å². The molecule has 0 saturated heterocycles. The maximum absolute atomic E-state index is 5.80. The molecular weight excluding hydrogens is 164 g/mol. The number of hydrogen-bond acceptors (Lipinski definition) is 3. The zero-order chi connectivity index (χ0) is 9.42. The second-order valence-electron chi connectivity index (χ2n) is 3.36. The summed E-state index contributed by atoms with van der Waals surface area (Å²) < 4.78 is 1.63. The Bertz CT molecular complexity index is 430. The van der Waals surface area contributed by atoms with Gasteiger partial charge in [0.15, 0.2) is 5.65 Å². The Morgan fingerprint density at radius 2 is 2.23 bits per heavy atom. The van der Waals surface area contributed by atoms with Gasteiger partial charge in [-0.05, 0) is 5.92 Å². The minimum Gasteiger partial charge on any atom is -0.384 e. The number of nitrogen functional groups attached to an aromatic ring is 1. The van der Waals surface area contributed by atoms with Crippen LogP contribution < -0.4 is 5.73 Å². The molecule has 2 heterocycles. The first-order valence-corrected chi connectivity index (χ1v) is 4.28. The van der Waals surface area contributed by atoms with E-state index < -0.39 is 0 Å². The van der Waals surface area contributed by atoms with E-state index in [1.165, 1.54) is 0 Å². The van der Waals surface area contributed by atoms with Crippen LogP contribution in [-0.2, 0) is 0 Å². The van der Waals surface area contributed by atoms with Crippen molar-refractivity contribution in [2.75, 3.05) is 5.73 Å². The third-order valence-corrected chi connectivity index (χ3v) is 2.00. The van der Waals surface area contributed by atoms with Crippen molar-refractivity contribution in [2.45, 2.75) is 19.8 Å². The van der Waals surface area contributed by atoms with Gasteiger partial charge in [0.1, 0.15) is 5.82 Å². The van der Waals surface area contributed by atoms with Crippen LogP contribution in [0, 0.1) is 0 Å². The molecule has 2 aromatic rings. The third-order valence-electron chi connectivity index (χ3n) is 2.00. The van der Waals surface area contributed by atoms with Crippen LogP contribution in [0.3, 0.4) is 0 Å². The fourth-order valence-corrected chi connectivity index (χ4v) is 1.25. The van der Waals surface area contributed by atoms with Gasteiger partial charge in [-0.25, -0.2) is 4.98 Å². The van der Waals surface area contributed by atoms with Crippen LogP contribution in [0.1, 0.15) is 25.5 Å². The van der Waals surface area contributed by atoms with E-state index in [9.17, 15) is 0 Å². The molecule has 0 spiro atoms. The predicted molar refractivity (Wildman–Crippen MR) is 51.5 cm³/mol. The summed E-state index contributed by atoms with van der Waals surface area (Å²) in [6.45, 7) is 4.18. The summed E-state index contributed by atoms with van der Waals surface area (Å²) in [4.78, 5) is 4.42. The topological polar surface area (TPSA) is 56.2 Å². The average Bonchev–Trinajstić information content (AvgIpc) is 2.51. The number of aromatic nitrogens is 3. The Kier molecular flexibility index (Phi) is 1.69. The Morgan fingerprint density at radius 3 is 2.92 bits per heavy atom. The lowest BCUT2D eigenvalue weighted by Crippen LogP contribution is -2.03. The maximum atomic E-state index is 5.80. The number of anilines is 1. The van der Waals surface area contributed by atoms with Gasteiger partial charge in [0, 0.05) is 17.8 Å². The van der Waals surface area contributed by atoms with Gasteiger partial charge in [-0.3, -0.25) is 0 Å². The first-order chi connectivity index (χ1) is 6.18. The summed E-state index contributed by atoms with van der Waals surface area (Å²) >= 11 is 0. The molecule has 0 unspecified atom stereocenters. The van der Waals surface area contributed by atoms with E-state index in [0.29, 0.717) is 11.7 Å². The van der Waals surface area contributed by atoms with Crippen LogP contribution in [0.25, 0.3) is 5.65 Å². The van der Waals surface area contributed by atoms with Crippen molar-refractivity contribution >= 4 is 11.5 Å². The second-order valence-corrected chi connectivity index (χ2v) is 3.36. The van der Waals surface area contributed by atoms with Crippen molar-refractivity contribution in [1.82, 2.24) is 14.6 Å². The van der Waals surface area contributed by atoms with Gasteiger partial charge in [0.2, 0.25) is 0 Å². The van der Waals surface area contributed by atoms with Gasteiger partial charge in [0.05, 0.1) is 6.20 Å². The van der Waals surface area contributed by atoms with Crippen molar-refractivity contribution in [2.24, 2.45) is 0 Å². The molecule has 0 aliphatic carbocycles. The predicted octanol–water partition coefficient (Wildman–Crippen LogP) is 1.43. The first kappa shape index (κ1) is 8.04. The second kappa shape index (κ2) is 2.73. The fraction of sp³-hybridized carbons (Fsp3) is 0.333. The number of nitrogens with two attached hydrogens (primary N) is 1. The van der Waals surface area contributed by atoms with E-state index in [1.54, 1.807) is 10.7 Å². The Morgan fingerprint density at radius 1 is 1.46 bits per heavy atom. The van der Waals surface area contributed by atoms with Gasteiger partial charge in [-0.2, -0.15) is 9.61 Å². The van der Waals surface area contributed by atoms with Crippen molar-refractivity contribution in [3.63, 3.8) is 0 Å². The zero-order valence-electron chi connectivity index (χ0n) is 7.73. The molecule has 0 fully saturated rings. The molecule has 0 aliphatic heterocycles. The summed E-state index contributed by atoms with van der Waals surface area (Å²) in [5, 5.41) is 4.05. The van der Waals surface area contributed by atoms with Crippen LogP contribution in [0.5, 0.6) is 0 Å². The molecule has 13 heavy (non-hydrogen) atoms. The molecule has 4 heteroatoms. The van der Waals surface area contributed by atoms with Gasteiger partial charge < -0.3 is 5.73 Å². The van der Waals surface area contributed by atoms with Crippen LogP contribution in [0.15, 0.2) is 18.3 Å². The maximum Gasteiger partial charge on any atom is 0.157 e. The van der Waals surface area contributed by atoms with Crippen LogP contribution in [0.2, 0.25) is 0 Å². The molecule has 0 saturated carbocycles. The van der Waals surface area contributed by atoms with Gasteiger partial charge in [-0.1, -0.05) is 13.8 Å². The highest BCUT2D eigenvalue weighted by Crippen LogP contribution is 2.15. The lowest BCUT2D eigenvalue weighted by atomic mass is 10.1. The first-order valence-electron chi connectivity index (χ1n) is 4.28. The van der Waals surface area contributed by atoms with Gasteiger partial charge in [-0.15, -0.1) is 0 Å². The lowest BCUT2D eigenvalue weighted by molar-refractivity contribution is 0.812. The third kappa shape index (κ3) is 1.24. The standard InChI is InChI=1S/C9H12N4/c1-6(2)7-5-8(10)13-9(12-7)3-4-11-13/h3-6H,10H2,1-2H3. The quantitative estimate of drug-likeness (QED) is 0.715. The van der Waals surface area contributed by atoms with E-state index in [2.05, 4.69) is 23.9 Å². The normalized spacial score (nSPS) is 11.3. The van der Waals surface area contributed by atoms with Crippen LogP contribution in [-0.4, -0.2) is 14.6 Å². The van der Waals surface area contributed by atoms with Crippen molar-refractivity contribution in [3.8, 4) is 0 Å². The largest absolute Gasteiger partial charge is 0.384 e. The van der Waals surface area contributed by atoms with Gasteiger partial charge >= 0.3 is 0 Å². The SMILES string of the molecule is CC(C)c1cc(N)n2nccc2n1. The average molecular weight is 176 g/mol. The molecule has 0 atom stereocenters. The molecule has 0 aromatic carbocycles. The molecule has 0 aliphatic rings. The molecule has 2 rings (SSSR count). The summed E-state index contributed by atoms with van der Waals surface area (Å²) in [7, 11) is 0. The highest BCUT2D eigenvalue weighted by atomic mass is 15.3. The lowest BCUT2D eigenvalue weighted by Gasteiger charge is -2.06. The molecule has 4 nitrogen and oxygen atoms in total. The number of hydrogen-bond donors (Lipinski definition) is 1. The summed E-state index contributed by atoms with van der Waals surface area (Å²) in [5.74, 6) is 1.03. The molecule has 0 radical (unpaired) electrons. The zero-order valence-corrected chi connectivity index (χ0v) is 7.73. The summed E-state index contributed by atoms with van der Waals surface area (Å²) in [6.07, 6.45) is 1.70. The number of fused-ring (bicyclic) bond motifs is 1. The van der Waals surface area contributed by atoms with E-state index >= 15 is 0 Å². The highest BCUT2D eigenvalue weighted by molar-refractivity contribution is 5.46. The minimum absolute atomic E-state index is 0.391. The van der Waals surface area contributed by atoms with Crippen molar-refractivity contribution < 1.29 is 0 Å². The molecule has 2 aromatic heterocycles. The molecule has 0 amide bonds. The van der Waals surface area contributed by atoms with Crippen LogP contribution >= 0.6 is 0 Å². The highest BCUT2D eigenvalue weighted by Gasteiger charge is 2.05. The summed E-state index contributed by atoms with van der Waals surface area (Å²) in [6, 6.07) is 3.72. The van der Waals surface area contributed by atoms with E-state index in [0.717, 1.165) is 11.3 Å². The monoisotopic (exact) mass is 176 g/mol. The van der Waals surface area contributed by atoms with E-state index in [-0.39, 0.29) is 0 Å². The molecule has 68 valence electrons. The van der Waals surface area contributed by atoms with Crippen molar-refractivity contribution in [3.05, 3.63) is 24.0 Å². The molecular formula is C9H12N4. The Hall–Kier alpha value is -1.58. The Labute approximate surface area is 76.4 Å². The van der Waals surface area contributed by atoms with Crippen LogP contribution in [0.4, 0.5) is 5.82 Å². The number of nitrogens with zero attached hydrogens (tertiary/aromatic N) is 3. The molecule has 2 N–H and O–H groups in total. The summed E-state index contributed by atoms with van der Waals surface area (Å²) in [5.41, 5.74) is 7.61. The minimum atomic E-state index is 0.391. The number of rotatable bonds is 1. The van der Waals surface area contributed by atoms with Crippen molar-refractivity contribution in [1.29, 1.82) is 0 Å². The fourth-order valence-electron chi connectivity index (χ4n) is 1.25. The van der Waals surface area contributed by atoms with Gasteiger partial charge in [0.25, 0.3) is 0 Å². The molecule has 0 bridgehead atoms.